The van der Waals surface area contributed by atoms with Crippen LogP contribution >= 0.6 is 17.2 Å². The molecule has 0 bridgehead atoms. The molecule has 0 N–H and O–H groups in total. The van der Waals surface area contributed by atoms with Gasteiger partial charge in [0, 0.05) is 0 Å². The minimum absolute atomic E-state index is 0.208. The molecule has 24 heavy (non-hydrogen) atoms. The number of rotatable bonds is 0. The maximum absolute atomic E-state index is 5.64. The Kier molecular flexibility index (Phi) is 8.47. The molecule has 0 spiro atoms. The maximum atomic E-state index is 5.64. The Hall–Kier alpha value is -0.673. The van der Waals surface area contributed by atoms with Crippen molar-refractivity contribution in [2.24, 2.45) is 0 Å². The number of fused-ring (bicyclic) bond motifs is 2. The first kappa shape index (κ1) is 19.6. The summed E-state index contributed by atoms with van der Waals surface area (Å²) in [5, 5.41) is 5.32. The molecule has 4 aromatic rings. The van der Waals surface area contributed by atoms with Gasteiger partial charge in [-0.05, 0) is 0 Å². The molecule has 0 aromatic heterocycles. The van der Waals surface area contributed by atoms with Gasteiger partial charge >= 0.3 is 53.4 Å². The minimum Gasteiger partial charge on any atom is -0.168 e. The van der Waals surface area contributed by atoms with Crippen LogP contribution in [0.25, 0.3) is 21.5 Å². The van der Waals surface area contributed by atoms with Crippen molar-refractivity contribution in [1.29, 1.82) is 0 Å². The van der Waals surface area contributed by atoms with Gasteiger partial charge in [-0.15, -0.1) is 59.3 Å². The standard InChI is InChI=1S/2C9H7.C2H6Si.2ClH.Hf/c2*1-2-5-9-7-3-6-8(9)4-1;1-3-2;;;/h2*1-7H;1-2H3;2*1H;/q2*-1;;;;+2/p-2. The van der Waals surface area contributed by atoms with E-state index in [0.29, 0.717) is 0 Å². The smallest absolute Gasteiger partial charge is 0.0809 e. The van der Waals surface area contributed by atoms with E-state index in [0.717, 1.165) is 0 Å². The summed E-state index contributed by atoms with van der Waals surface area (Å²) in [6.45, 7) is 4.35. The topological polar surface area (TPSA) is 0 Å². The van der Waals surface area contributed by atoms with Crippen LogP contribution in [-0.2, 0) is 17.7 Å². The van der Waals surface area contributed by atoms with E-state index in [2.05, 4.69) is 98.0 Å². The maximum Gasteiger partial charge on any atom is -0.0809 e. The fourth-order valence-corrected chi connectivity index (χ4v) is 2.14. The summed E-state index contributed by atoms with van der Waals surface area (Å²) >= 11 is -1.78. The second-order valence-electron chi connectivity index (χ2n) is 5.57. The molecule has 0 aliphatic rings. The molecule has 0 radical (unpaired) electrons. The molecule has 0 saturated carbocycles. The van der Waals surface area contributed by atoms with E-state index in [-0.39, 0.29) is 5.49 Å². The number of benzene rings is 2. The van der Waals surface area contributed by atoms with Crippen molar-refractivity contribution < 1.29 is 17.7 Å². The third-order valence-corrected chi connectivity index (χ3v) is 30.9. The first-order valence-electron chi connectivity index (χ1n) is 7.77. The molecule has 0 unspecified atom stereocenters. The molecular formula is C20H20Cl2HfSi-2. The van der Waals surface area contributed by atoms with E-state index in [1.54, 1.807) is 0 Å². The molecule has 0 aliphatic carbocycles. The molecule has 0 fully saturated rings. The van der Waals surface area contributed by atoms with Crippen molar-refractivity contribution in [3.05, 3.63) is 84.9 Å². The molecule has 4 heteroatoms. The van der Waals surface area contributed by atoms with Crippen molar-refractivity contribution in [2.45, 2.75) is 13.1 Å². The number of hydrogen-bond acceptors (Lipinski definition) is 0. The first-order valence-corrected chi connectivity index (χ1v) is 24.6. The van der Waals surface area contributed by atoms with Crippen LogP contribution in [0.4, 0.5) is 0 Å². The van der Waals surface area contributed by atoms with Gasteiger partial charge in [0.15, 0.2) is 0 Å². The molecule has 0 atom stereocenters. The monoisotopic (exact) mass is 538 g/mol. The van der Waals surface area contributed by atoms with Gasteiger partial charge < -0.3 is 0 Å². The quantitative estimate of drug-likeness (QED) is 0.163. The summed E-state index contributed by atoms with van der Waals surface area (Å²) in [4.78, 5) is 0. The summed E-state index contributed by atoms with van der Waals surface area (Å²) in [6, 6.07) is 29.3. The second-order valence-corrected chi connectivity index (χ2v) is 37.3. The predicted octanol–water partition coefficient (Wildman–Crippen LogP) is 7.28. The van der Waals surface area contributed by atoms with Crippen LogP contribution in [0.3, 0.4) is 0 Å². The van der Waals surface area contributed by atoms with Gasteiger partial charge in [0.25, 0.3) is 0 Å². The van der Waals surface area contributed by atoms with Gasteiger partial charge in [0.2, 0.25) is 0 Å². The molecule has 4 aromatic carbocycles. The average molecular weight is 538 g/mol. The van der Waals surface area contributed by atoms with Crippen LogP contribution in [0.5, 0.6) is 0 Å². The van der Waals surface area contributed by atoms with E-state index in [9.17, 15) is 0 Å². The van der Waals surface area contributed by atoms with E-state index in [4.69, 9.17) is 17.2 Å². The predicted molar refractivity (Wildman–Crippen MR) is 108 cm³/mol. The molecule has 0 amide bonds. The van der Waals surface area contributed by atoms with E-state index >= 15 is 0 Å². The Bertz CT molecular complexity index is 777. The number of halogens is 2. The SMILES string of the molecule is C[Si](C)=[Hf]([Cl])[Cl].c1ccc2[cH-]ccc2c1.c1ccc2[cH-]ccc2c1. The summed E-state index contributed by atoms with van der Waals surface area (Å²) in [5.74, 6) is 0. The Morgan fingerprint density at radius 3 is 1.42 bits per heavy atom. The van der Waals surface area contributed by atoms with Crippen LogP contribution in [0.15, 0.2) is 84.9 Å². The van der Waals surface area contributed by atoms with Crippen molar-refractivity contribution >= 4 is 44.2 Å². The van der Waals surface area contributed by atoms with Crippen LogP contribution in [0.2, 0.25) is 13.1 Å². The fraction of sp³-hybridized carbons (Fsp3) is 0.100. The summed E-state index contributed by atoms with van der Waals surface area (Å²) < 4.78 is 0. The molecule has 124 valence electrons. The average Bonchev–Trinajstić information content (AvgIpc) is 3.24. The van der Waals surface area contributed by atoms with Crippen LogP contribution < -0.4 is 0 Å². The molecule has 0 heterocycles. The first-order chi connectivity index (χ1) is 11.6. The summed E-state index contributed by atoms with van der Waals surface area (Å²) in [7, 11) is 11.3. The van der Waals surface area contributed by atoms with E-state index in [1.807, 2.05) is 0 Å². The fourth-order valence-electron chi connectivity index (χ4n) is 2.14. The zero-order valence-corrected chi connectivity index (χ0v) is 19.9. The second kappa shape index (κ2) is 10.3. The normalized spacial score (nSPS) is 9.67. The van der Waals surface area contributed by atoms with E-state index < -0.39 is 17.7 Å². The third-order valence-electron chi connectivity index (χ3n) is 3.47. The Labute approximate surface area is 159 Å². The van der Waals surface area contributed by atoms with Gasteiger partial charge in [-0.3, -0.25) is 0 Å². The van der Waals surface area contributed by atoms with Crippen molar-refractivity contribution in [2.75, 3.05) is 0 Å². The summed E-state index contributed by atoms with van der Waals surface area (Å²) in [5.41, 5.74) is -0.208. The van der Waals surface area contributed by atoms with Gasteiger partial charge in [-0.25, -0.2) is 0 Å². The molecule has 0 aliphatic heterocycles. The molecular weight excluding hydrogens is 518 g/mol. The number of hydrogen-bond donors (Lipinski definition) is 0. The Balaban J connectivity index is 0.000000134. The van der Waals surface area contributed by atoms with Crippen molar-refractivity contribution in [3.63, 3.8) is 0 Å². The van der Waals surface area contributed by atoms with Crippen LogP contribution in [-0.4, -0.2) is 5.49 Å². The molecule has 4 rings (SSSR count). The Morgan fingerprint density at radius 1 is 0.708 bits per heavy atom. The van der Waals surface area contributed by atoms with Crippen LogP contribution in [0, 0.1) is 0 Å². The van der Waals surface area contributed by atoms with Crippen LogP contribution in [0.1, 0.15) is 0 Å². The largest absolute Gasteiger partial charge is 0.168 e. The van der Waals surface area contributed by atoms with Crippen molar-refractivity contribution in [1.82, 2.24) is 0 Å². The van der Waals surface area contributed by atoms with Crippen molar-refractivity contribution in [3.8, 4) is 0 Å². The zero-order valence-electron chi connectivity index (χ0n) is 13.8. The van der Waals surface area contributed by atoms with E-state index in [1.165, 1.54) is 21.5 Å². The minimum atomic E-state index is -1.78. The van der Waals surface area contributed by atoms with Gasteiger partial charge in [-0.2, -0.15) is 35.0 Å². The molecule has 0 saturated heterocycles. The van der Waals surface area contributed by atoms with Gasteiger partial charge in [0.1, 0.15) is 0 Å². The Morgan fingerprint density at radius 2 is 1.08 bits per heavy atom. The van der Waals surface area contributed by atoms with Gasteiger partial charge in [0.05, 0.1) is 0 Å². The summed E-state index contributed by atoms with van der Waals surface area (Å²) in [6.07, 6.45) is 0. The zero-order chi connectivity index (χ0) is 17.4. The molecule has 0 nitrogen and oxygen atoms in total. The third kappa shape index (κ3) is 6.32. The van der Waals surface area contributed by atoms with Gasteiger partial charge in [-0.1, -0.05) is 12.1 Å².